The van der Waals surface area contributed by atoms with Crippen LogP contribution in [0.25, 0.3) is 10.6 Å². The van der Waals surface area contributed by atoms with Crippen LogP contribution in [0.2, 0.25) is 5.02 Å². The van der Waals surface area contributed by atoms with E-state index < -0.39 is 12.1 Å². The fourth-order valence-electron chi connectivity index (χ4n) is 2.80. The highest BCUT2D eigenvalue weighted by Gasteiger charge is 2.27. The zero-order valence-corrected chi connectivity index (χ0v) is 19.0. The molecule has 0 saturated carbocycles. The van der Waals surface area contributed by atoms with Crippen molar-refractivity contribution in [1.29, 1.82) is 5.26 Å². The lowest BCUT2D eigenvalue weighted by Gasteiger charge is -2.23. The van der Waals surface area contributed by atoms with Gasteiger partial charge in [0.1, 0.15) is 11.0 Å². The minimum absolute atomic E-state index is 0.120. The monoisotopic (exact) mass is 468 g/mol. The molecule has 164 valence electrons. The van der Waals surface area contributed by atoms with E-state index in [0.29, 0.717) is 32.8 Å². The molecule has 0 aliphatic rings. The van der Waals surface area contributed by atoms with Gasteiger partial charge in [-0.3, -0.25) is 10.1 Å². The molecule has 0 fully saturated rings. The fourth-order valence-corrected chi connectivity index (χ4v) is 3.68. The van der Waals surface area contributed by atoms with Gasteiger partial charge in [0.05, 0.1) is 11.6 Å². The molecule has 8 nitrogen and oxygen atoms in total. The highest BCUT2D eigenvalue weighted by molar-refractivity contribution is 7.18. The smallest absolute Gasteiger partial charge is 0.319 e. The van der Waals surface area contributed by atoms with Crippen molar-refractivity contribution in [3.05, 3.63) is 59.1 Å². The maximum atomic E-state index is 12.9. The number of carbonyl (C=O) groups excluding carboxylic acids is 2. The normalized spacial score (nSPS) is 12.3. The highest BCUT2D eigenvalue weighted by Crippen LogP contribution is 2.27. The number of carbonyl (C=O) groups is 2. The molecule has 32 heavy (non-hydrogen) atoms. The maximum absolute atomic E-state index is 12.9. The first-order chi connectivity index (χ1) is 15.4. The lowest BCUT2D eigenvalue weighted by atomic mass is 9.98. The summed E-state index contributed by atoms with van der Waals surface area (Å²) in [6.45, 7) is 3.82. The number of benzene rings is 2. The van der Waals surface area contributed by atoms with Crippen molar-refractivity contribution in [1.82, 2.24) is 15.5 Å². The van der Waals surface area contributed by atoms with Crippen LogP contribution in [0.3, 0.4) is 0 Å². The summed E-state index contributed by atoms with van der Waals surface area (Å²) in [7, 11) is 0. The first-order valence-electron chi connectivity index (χ1n) is 9.87. The van der Waals surface area contributed by atoms with Gasteiger partial charge >= 0.3 is 6.03 Å². The molecule has 10 heteroatoms. The van der Waals surface area contributed by atoms with Gasteiger partial charge in [-0.05, 0) is 42.3 Å². The van der Waals surface area contributed by atoms with Crippen LogP contribution in [0.5, 0.6) is 0 Å². The molecule has 2 atom stereocenters. The average Bonchev–Trinajstić information content (AvgIpc) is 3.26. The molecule has 0 spiro atoms. The summed E-state index contributed by atoms with van der Waals surface area (Å²) in [5.74, 6) is -0.501. The molecular formula is C22H21ClN6O2S. The molecule has 1 aromatic heterocycles. The number of hydrogen-bond acceptors (Lipinski definition) is 6. The number of urea groups is 1. The number of aromatic nitrogens is 2. The minimum atomic E-state index is -0.777. The zero-order chi connectivity index (χ0) is 23.1. The molecule has 1 heterocycles. The van der Waals surface area contributed by atoms with Crippen LogP contribution in [-0.2, 0) is 4.79 Å². The van der Waals surface area contributed by atoms with Crippen molar-refractivity contribution < 1.29 is 9.59 Å². The third-order valence-electron chi connectivity index (χ3n) is 4.80. The van der Waals surface area contributed by atoms with E-state index in [1.165, 1.54) is 11.3 Å². The summed E-state index contributed by atoms with van der Waals surface area (Å²) in [6, 6.07) is 14.3. The van der Waals surface area contributed by atoms with Crippen molar-refractivity contribution in [3.63, 3.8) is 0 Å². The number of amides is 3. The van der Waals surface area contributed by atoms with Gasteiger partial charge in [0, 0.05) is 16.3 Å². The van der Waals surface area contributed by atoms with Crippen molar-refractivity contribution in [2.24, 2.45) is 5.92 Å². The number of nitrogens with zero attached hydrogens (tertiary/aromatic N) is 3. The van der Waals surface area contributed by atoms with Crippen molar-refractivity contribution >= 4 is 45.7 Å². The van der Waals surface area contributed by atoms with Crippen LogP contribution in [0.1, 0.15) is 25.8 Å². The van der Waals surface area contributed by atoms with Crippen molar-refractivity contribution in [2.45, 2.75) is 26.3 Å². The van der Waals surface area contributed by atoms with Gasteiger partial charge in [0.2, 0.25) is 11.0 Å². The summed E-state index contributed by atoms with van der Waals surface area (Å²) >= 11 is 7.15. The van der Waals surface area contributed by atoms with E-state index in [1.54, 1.807) is 36.4 Å². The molecule has 3 rings (SSSR count). The largest absolute Gasteiger partial charge is 0.326 e. The molecule has 0 aliphatic heterocycles. The quantitative estimate of drug-likeness (QED) is 0.455. The fraction of sp³-hybridized carbons (Fsp3) is 0.227. The summed E-state index contributed by atoms with van der Waals surface area (Å²) < 4.78 is 0. The summed E-state index contributed by atoms with van der Waals surface area (Å²) in [5.41, 5.74) is 1.84. The second-order valence-electron chi connectivity index (χ2n) is 7.06. The predicted octanol–water partition coefficient (Wildman–Crippen LogP) is 4.91. The molecule has 3 aromatic rings. The Labute approximate surface area is 194 Å². The first-order valence-corrected chi connectivity index (χ1v) is 11.1. The third-order valence-corrected chi connectivity index (χ3v) is 5.94. The molecular weight excluding hydrogens is 448 g/mol. The molecule has 0 aliphatic carbocycles. The van der Waals surface area contributed by atoms with Gasteiger partial charge in [0.15, 0.2) is 0 Å². The Kier molecular flexibility index (Phi) is 7.76. The zero-order valence-electron chi connectivity index (χ0n) is 17.4. The maximum Gasteiger partial charge on any atom is 0.319 e. The van der Waals surface area contributed by atoms with E-state index in [9.17, 15) is 9.59 Å². The summed E-state index contributed by atoms with van der Waals surface area (Å²) in [4.78, 5) is 25.4. The van der Waals surface area contributed by atoms with Crippen LogP contribution in [-0.4, -0.2) is 28.2 Å². The Hall–Kier alpha value is -3.48. The lowest BCUT2D eigenvalue weighted by molar-refractivity contribution is -0.119. The topological polar surface area (TPSA) is 120 Å². The van der Waals surface area contributed by atoms with Crippen molar-refractivity contribution in [2.75, 3.05) is 10.6 Å². The van der Waals surface area contributed by atoms with E-state index in [4.69, 9.17) is 16.9 Å². The molecule has 0 saturated heterocycles. The SMILES string of the molecule is CC[C@@H](C)[C@@H](NC(=O)Nc1ccc(C#N)cc1)C(=O)Nc1nnc(-c2ccc(Cl)cc2)s1. The van der Waals surface area contributed by atoms with Crippen LogP contribution in [0.15, 0.2) is 48.5 Å². The second kappa shape index (κ2) is 10.7. The number of nitrogens with one attached hydrogen (secondary N) is 3. The second-order valence-corrected chi connectivity index (χ2v) is 8.47. The Morgan fingerprint density at radius 3 is 2.41 bits per heavy atom. The van der Waals surface area contributed by atoms with Crippen molar-refractivity contribution in [3.8, 4) is 16.6 Å². The molecule has 0 unspecified atom stereocenters. The van der Waals surface area contributed by atoms with E-state index in [2.05, 4.69) is 26.1 Å². The van der Waals surface area contributed by atoms with Crippen LogP contribution >= 0.6 is 22.9 Å². The van der Waals surface area contributed by atoms with Crippen LogP contribution in [0.4, 0.5) is 15.6 Å². The molecule has 2 aromatic carbocycles. The Morgan fingerprint density at radius 1 is 1.09 bits per heavy atom. The van der Waals surface area contributed by atoms with Gasteiger partial charge in [-0.1, -0.05) is 55.3 Å². The molecule has 3 amide bonds. The van der Waals surface area contributed by atoms with E-state index in [1.807, 2.05) is 32.0 Å². The number of anilines is 2. The first kappa shape index (κ1) is 23.2. The van der Waals surface area contributed by atoms with Gasteiger partial charge in [-0.2, -0.15) is 5.26 Å². The number of nitriles is 1. The molecule has 3 N–H and O–H groups in total. The van der Waals surface area contributed by atoms with E-state index in [-0.39, 0.29) is 11.8 Å². The van der Waals surface area contributed by atoms with Crippen LogP contribution < -0.4 is 16.0 Å². The summed E-state index contributed by atoms with van der Waals surface area (Å²) in [6.07, 6.45) is 0.682. The predicted molar refractivity (Wildman–Crippen MR) is 126 cm³/mol. The number of hydrogen-bond donors (Lipinski definition) is 3. The van der Waals surface area contributed by atoms with Crippen LogP contribution in [0, 0.1) is 17.2 Å². The van der Waals surface area contributed by atoms with Gasteiger partial charge in [-0.25, -0.2) is 4.79 Å². The average molecular weight is 469 g/mol. The third kappa shape index (κ3) is 6.03. The summed E-state index contributed by atoms with van der Waals surface area (Å²) in [5, 5.41) is 26.8. The number of rotatable bonds is 7. The lowest BCUT2D eigenvalue weighted by Crippen LogP contribution is -2.49. The number of halogens is 1. The Bertz CT molecular complexity index is 1120. The van der Waals surface area contributed by atoms with Gasteiger partial charge in [0.25, 0.3) is 0 Å². The van der Waals surface area contributed by atoms with E-state index in [0.717, 1.165) is 5.56 Å². The minimum Gasteiger partial charge on any atom is -0.326 e. The standard InChI is InChI=1S/C22H21ClN6O2S/c1-3-13(2)18(26-21(31)25-17-10-4-14(12-24)5-11-17)19(30)27-22-29-28-20(32-22)15-6-8-16(23)9-7-15/h4-11,13,18H,3H2,1-2H3,(H2,25,26,31)(H,27,29,30)/t13-,18-/m1/s1. The van der Waals surface area contributed by atoms with Gasteiger partial charge < -0.3 is 10.6 Å². The highest BCUT2D eigenvalue weighted by atomic mass is 35.5. The molecule has 0 bridgehead atoms. The van der Waals surface area contributed by atoms with E-state index >= 15 is 0 Å². The van der Waals surface area contributed by atoms with Gasteiger partial charge in [-0.15, -0.1) is 10.2 Å². The Morgan fingerprint density at radius 2 is 1.78 bits per heavy atom. The Balaban J connectivity index is 1.66. The molecule has 0 radical (unpaired) electrons.